The number of nitrogens with one attached hydrogen (secondary N) is 1. The van der Waals surface area contributed by atoms with Crippen molar-refractivity contribution in [2.45, 2.75) is 26.9 Å². The molecule has 4 rings (SSSR count). The number of aromatic nitrogens is 1. The summed E-state index contributed by atoms with van der Waals surface area (Å²) in [6, 6.07) is 14.1. The van der Waals surface area contributed by atoms with Crippen molar-refractivity contribution < 1.29 is 18.7 Å². The van der Waals surface area contributed by atoms with Crippen LogP contribution in [0.25, 0.3) is 0 Å². The van der Waals surface area contributed by atoms with Gasteiger partial charge in [0.2, 0.25) is 0 Å². The first kappa shape index (κ1) is 22.9. The number of ether oxygens (including phenoxy) is 2. The Morgan fingerprint density at radius 2 is 1.82 bits per heavy atom. The Balaban J connectivity index is 1.67. The molecule has 0 aliphatic carbocycles. The van der Waals surface area contributed by atoms with Gasteiger partial charge in [0.1, 0.15) is 17.3 Å². The third-order valence-electron chi connectivity index (χ3n) is 6.11. The standard InChI is InChI=1S/C26H30FN3O3/c1-18-24(29-11-13-33-14-12-29)19(2)30(17-21-5-4-6-23(15-21)32-3)25(18)26(31)28-16-20-7-9-22(27)10-8-20/h4-10,15H,11-14,16-17H2,1-3H3,(H,28,31). The monoisotopic (exact) mass is 451 g/mol. The van der Waals surface area contributed by atoms with Gasteiger partial charge in [-0.05, 0) is 49.2 Å². The van der Waals surface area contributed by atoms with E-state index in [0.717, 1.165) is 46.9 Å². The van der Waals surface area contributed by atoms with Gasteiger partial charge in [-0.3, -0.25) is 4.79 Å². The fourth-order valence-electron chi connectivity index (χ4n) is 4.45. The average molecular weight is 452 g/mol. The van der Waals surface area contributed by atoms with Crippen LogP contribution in [0.15, 0.2) is 48.5 Å². The number of hydrogen-bond acceptors (Lipinski definition) is 4. The highest BCUT2D eigenvalue weighted by atomic mass is 19.1. The highest BCUT2D eigenvalue weighted by Gasteiger charge is 2.27. The molecule has 33 heavy (non-hydrogen) atoms. The highest BCUT2D eigenvalue weighted by Crippen LogP contribution is 2.32. The van der Waals surface area contributed by atoms with Gasteiger partial charge in [-0.2, -0.15) is 0 Å². The molecule has 1 aliphatic rings. The Kier molecular flexibility index (Phi) is 6.99. The summed E-state index contributed by atoms with van der Waals surface area (Å²) >= 11 is 0. The summed E-state index contributed by atoms with van der Waals surface area (Å²) in [5.41, 5.74) is 5.62. The van der Waals surface area contributed by atoms with Crippen LogP contribution < -0.4 is 15.0 Å². The zero-order valence-corrected chi connectivity index (χ0v) is 19.4. The van der Waals surface area contributed by atoms with E-state index >= 15 is 0 Å². The van der Waals surface area contributed by atoms with E-state index in [0.29, 0.717) is 32.0 Å². The molecule has 3 aromatic rings. The summed E-state index contributed by atoms with van der Waals surface area (Å²) < 4.78 is 26.2. The van der Waals surface area contributed by atoms with Gasteiger partial charge in [-0.1, -0.05) is 24.3 Å². The molecule has 174 valence electrons. The van der Waals surface area contributed by atoms with Crippen molar-refractivity contribution in [1.29, 1.82) is 0 Å². The topological polar surface area (TPSA) is 55.7 Å². The van der Waals surface area contributed by atoms with E-state index in [2.05, 4.69) is 21.7 Å². The maximum Gasteiger partial charge on any atom is 0.268 e. The van der Waals surface area contributed by atoms with E-state index < -0.39 is 0 Å². The maximum atomic E-state index is 13.4. The Labute approximate surface area is 193 Å². The van der Waals surface area contributed by atoms with E-state index in [1.54, 1.807) is 19.2 Å². The molecular formula is C26H30FN3O3. The van der Waals surface area contributed by atoms with Gasteiger partial charge in [0.15, 0.2) is 0 Å². The summed E-state index contributed by atoms with van der Waals surface area (Å²) in [7, 11) is 1.65. The van der Waals surface area contributed by atoms with Gasteiger partial charge in [0.05, 0.1) is 26.0 Å². The van der Waals surface area contributed by atoms with Crippen LogP contribution in [0, 0.1) is 19.7 Å². The smallest absolute Gasteiger partial charge is 0.268 e. The van der Waals surface area contributed by atoms with Crippen molar-refractivity contribution in [2.75, 3.05) is 38.3 Å². The molecule has 1 aliphatic heterocycles. The van der Waals surface area contributed by atoms with Crippen molar-refractivity contribution in [3.05, 3.63) is 82.4 Å². The minimum atomic E-state index is -0.293. The first-order valence-corrected chi connectivity index (χ1v) is 11.2. The number of halogens is 1. The summed E-state index contributed by atoms with van der Waals surface area (Å²) in [5, 5.41) is 3.02. The fraction of sp³-hybridized carbons (Fsp3) is 0.346. The van der Waals surface area contributed by atoms with E-state index in [1.165, 1.54) is 12.1 Å². The lowest BCUT2D eigenvalue weighted by Gasteiger charge is -2.29. The Morgan fingerprint density at radius 3 is 2.52 bits per heavy atom. The summed E-state index contributed by atoms with van der Waals surface area (Å²) in [6.45, 7) is 7.88. The Bertz CT molecular complexity index is 1120. The molecule has 1 fully saturated rings. The zero-order chi connectivity index (χ0) is 23.4. The minimum absolute atomic E-state index is 0.151. The second-order valence-corrected chi connectivity index (χ2v) is 8.25. The number of nitrogens with zero attached hydrogens (tertiary/aromatic N) is 2. The van der Waals surface area contributed by atoms with Crippen LogP contribution in [0.2, 0.25) is 0 Å². The van der Waals surface area contributed by atoms with Crippen molar-refractivity contribution in [1.82, 2.24) is 9.88 Å². The predicted octanol–water partition coefficient (Wildman–Crippen LogP) is 4.07. The van der Waals surface area contributed by atoms with Gasteiger partial charge in [0.25, 0.3) is 5.91 Å². The SMILES string of the molecule is COc1cccc(Cn2c(C)c(N3CCOCC3)c(C)c2C(=O)NCc2ccc(F)cc2)c1. The third kappa shape index (κ3) is 5.03. The fourth-order valence-corrected chi connectivity index (χ4v) is 4.45. The average Bonchev–Trinajstić information content (AvgIpc) is 3.08. The molecule has 2 aromatic carbocycles. The number of carbonyl (C=O) groups is 1. The van der Waals surface area contributed by atoms with Crippen molar-refractivity contribution in [3.8, 4) is 5.75 Å². The molecular weight excluding hydrogens is 421 g/mol. The number of hydrogen-bond donors (Lipinski definition) is 1. The van der Waals surface area contributed by atoms with Crippen LogP contribution in [0.1, 0.15) is 32.9 Å². The van der Waals surface area contributed by atoms with Crippen LogP contribution in [-0.2, 0) is 17.8 Å². The molecule has 6 nitrogen and oxygen atoms in total. The molecule has 7 heteroatoms. The molecule has 0 unspecified atom stereocenters. The number of morpholine rings is 1. The van der Waals surface area contributed by atoms with Crippen LogP contribution in [0.3, 0.4) is 0 Å². The van der Waals surface area contributed by atoms with Crippen LogP contribution in [-0.4, -0.2) is 43.9 Å². The quantitative estimate of drug-likeness (QED) is 0.589. The van der Waals surface area contributed by atoms with E-state index in [9.17, 15) is 9.18 Å². The summed E-state index contributed by atoms with van der Waals surface area (Å²) in [6.07, 6.45) is 0. The molecule has 0 radical (unpaired) electrons. The maximum absolute atomic E-state index is 13.4. The number of benzene rings is 2. The number of anilines is 1. The predicted molar refractivity (Wildman–Crippen MR) is 127 cm³/mol. The van der Waals surface area contributed by atoms with Gasteiger partial charge >= 0.3 is 0 Å². The van der Waals surface area contributed by atoms with E-state index in [1.807, 2.05) is 31.2 Å². The number of carbonyl (C=O) groups excluding carboxylic acids is 1. The van der Waals surface area contributed by atoms with Crippen molar-refractivity contribution in [2.24, 2.45) is 0 Å². The first-order chi connectivity index (χ1) is 16.0. The first-order valence-electron chi connectivity index (χ1n) is 11.2. The molecule has 1 amide bonds. The largest absolute Gasteiger partial charge is 0.497 e. The third-order valence-corrected chi connectivity index (χ3v) is 6.11. The molecule has 0 atom stereocenters. The highest BCUT2D eigenvalue weighted by molar-refractivity contribution is 5.96. The van der Waals surface area contributed by atoms with Gasteiger partial charge in [0, 0.05) is 37.4 Å². The molecule has 0 bridgehead atoms. The Morgan fingerprint density at radius 1 is 1.09 bits per heavy atom. The summed E-state index contributed by atoms with van der Waals surface area (Å²) in [4.78, 5) is 15.7. The normalized spacial score (nSPS) is 13.8. The summed E-state index contributed by atoms with van der Waals surface area (Å²) in [5.74, 6) is 0.339. The van der Waals surface area contributed by atoms with E-state index in [4.69, 9.17) is 9.47 Å². The van der Waals surface area contributed by atoms with Crippen LogP contribution in [0.4, 0.5) is 10.1 Å². The number of amides is 1. The lowest BCUT2D eigenvalue weighted by molar-refractivity contribution is 0.0941. The van der Waals surface area contributed by atoms with Crippen molar-refractivity contribution >= 4 is 11.6 Å². The van der Waals surface area contributed by atoms with Gasteiger partial charge < -0.3 is 24.3 Å². The molecule has 1 N–H and O–H groups in total. The zero-order valence-electron chi connectivity index (χ0n) is 19.4. The van der Waals surface area contributed by atoms with Gasteiger partial charge in [-0.15, -0.1) is 0 Å². The minimum Gasteiger partial charge on any atom is -0.497 e. The molecule has 1 aromatic heterocycles. The lowest BCUT2D eigenvalue weighted by Crippen LogP contribution is -2.36. The molecule has 0 spiro atoms. The van der Waals surface area contributed by atoms with Crippen molar-refractivity contribution in [3.63, 3.8) is 0 Å². The van der Waals surface area contributed by atoms with E-state index in [-0.39, 0.29) is 11.7 Å². The molecule has 0 saturated carbocycles. The number of rotatable bonds is 7. The lowest BCUT2D eigenvalue weighted by atomic mass is 10.1. The molecule has 2 heterocycles. The Hall–Kier alpha value is -3.32. The second kappa shape index (κ2) is 10.1. The second-order valence-electron chi connectivity index (χ2n) is 8.25. The van der Waals surface area contributed by atoms with Gasteiger partial charge in [-0.25, -0.2) is 4.39 Å². The molecule has 1 saturated heterocycles. The van der Waals surface area contributed by atoms with Crippen LogP contribution >= 0.6 is 0 Å². The number of methoxy groups -OCH3 is 1. The van der Waals surface area contributed by atoms with Crippen LogP contribution in [0.5, 0.6) is 5.75 Å².